The molecule has 1 atom stereocenters. The number of hydrogen-bond donors (Lipinski definition) is 2. The van der Waals surface area contributed by atoms with E-state index in [1.165, 1.54) is 16.7 Å². The van der Waals surface area contributed by atoms with Crippen LogP contribution in [0.25, 0.3) is 0 Å². The Kier molecular flexibility index (Phi) is 5.98. The van der Waals surface area contributed by atoms with Crippen molar-refractivity contribution in [3.05, 3.63) is 34.9 Å². The lowest BCUT2D eigenvalue weighted by atomic mass is 9.83. The van der Waals surface area contributed by atoms with Crippen molar-refractivity contribution in [2.75, 3.05) is 7.11 Å². The van der Waals surface area contributed by atoms with E-state index in [-0.39, 0.29) is 11.6 Å². The molecule has 3 heteroatoms. The second kappa shape index (κ2) is 7.04. The zero-order valence-electron chi connectivity index (χ0n) is 12.9. The van der Waals surface area contributed by atoms with Gasteiger partial charge in [-0.25, -0.2) is 0 Å². The number of nitrogens with one attached hydrogen (secondary N) is 1. The maximum absolute atomic E-state index is 5.79. The van der Waals surface area contributed by atoms with E-state index < -0.39 is 0 Å². The van der Waals surface area contributed by atoms with Crippen molar-refractivity contribution in [1.82, 2.24) is 5.43 Å². The summed E-state index contributed by atoms with van der Waals surface area (Å²) >= 11 is 0. The normalized spacial score (nSPS) is 13.6. The minimum absolute atomic E-state index is 0.119. The third kappa shape index (κ3) is 3.56. The zero-order valence-corrected chi connectivity index (χ0v) is 12.9. The number of rotatable bonds is 7. The number of nitrogens with two attached hydrogens (primary N) is 1. The molecule has 0 spiro atoms. The molecular weight excluding hydrogens is 236 g/mol. The van der Waals surface area contributed by atoms with Crippen LogP contribution in [0.15, 0.2) is 18.2 Å². The van der Waals surface area contributed by atoms with Crippen LogP contribution in [0.2, 0.25) is 0 Å². The van der Waals surface area contributed by atoms with Crippen LogP contribution in [0.4, 0.5) is 0 Å². The van der Waals surface area contributed by atoms with E-state index in [2.05, 4.69) is 51.3 Å². The third-order valence-electron chi connectivity index (χ3n) is 4.37. The predicted molar refractivity (Wildman–Crippen MR) is 81.1 cm³/mol. The lowest BCUT2D eigenvalue weighted by molar-refractivity contribution is -0.0473. The number of hydrogen-bond acceptors (Lipinski definition) is 3. The van der Waals surface area contributed by atoms with Gasteiger partial charge in [-0.05, 0) is 44.2 Å². The van der Waals surface area contributed by atoms with Crippen LogP contribution >= 0.6 is 0 Å². The maximum Gasteiger partial charge on any atom is 0.0842 e. The summed E-state index contributed by atoms with van der Waals surface area (Å²) in [6.45, 7) is 8.58. The number of hydrazine groups is 1. The van der Waals surface area contributed by atoms with E-state index in [0.717, 1.165) is 19.3 Å². The van der Waals surface area contributed by atoms with E-state index in [1.807, 2.05) is 0 Å². The van der Waals surface area contributed by atoms with Crippen molar-refractivity contribution in [3.63, 3.8) is 0 Å². The van der Waals surface area contributed by atoms with Crippen LogP contribution in [-0.2, 0) is 11.2 Å². The highest BCUT2D eigenvalue weighted by Gasteiger charge is 2.35. The summed E-state index contributed by atoms with van der Waals surface area (Å²) in [5, 5.41) is 0. The molecule has 0 bridgehead atoms. The van der Waals surface area contributed by atoms with Crippen molar-refractivity contribution in [1.29, 1.82) is 0 Å². The monoisotopic (exact) mass is 264 g/mol. The highest BCUT2D eigenvalue weighted by molar-refractivity contribution is 5.31. The Labute approximate surface area is 117 Å². The van der Waals surface area contributed by atoms with Crippen molar-refractivity contribution in [2.45, 2.75) is 58.6 Å². The van der Waals surface area contributed by atoms with Gasteiger partial charge in [-0.2, -0.15) is 0 Å². The third-order valence-corrected chi connectivity index (χ3v) is 4.37. The smallest absolute Gasteiger partial charge is 0.0842 e. The number of methoxy groups -OCH3 is 1. The zero-order chi connectivity index (χ0) is 14.5. The molecule has 0 aliphatic heterocycles. The van der Waals surface area contributed by atoms with Crippen LogP contribution in [0.3, 0.4) is 0 Å². The van der Waals surface area contributed by atoms with E-state index >= 15 is 0 Å². The summed E-state index contributed by atoms with van der Waals surface area (Å²) in [4.78, 5) is 0. The fraction of sp³-hybridized carbons (Fsp3) is 0.625. The van der Waals surface area contributed by atoms with Gasteiger partial charge >= 0.3 is 0 Å². The molecule has 1 rings (SSSR count). The van der Waals surface area contributed by atoms with Gasteiger partial charge in [-0.15, -0.1) is 0 Å². The molecule has 0 heterocycles. The minimum atomic E-state index is -0.203. The standard InChI is InChI=1S/C16H28N2O/c1-6-16(7-2,19-5)15(18-17)11-14-10-12(3)8-9-13(14)4/h8-10,15,18H,6-7,11,17H2,1-5H3. The first kappa shape index (κ1) is 16.2. The predicted octanol–water partition coefficient (Wildman–Crippen LogP) is 2.88. The molecule has 0 saturated heterocycles. The molecule has 3 nitrogen and oxygen atoms in total. The van der Waals surface area contributed by atoms with Gasteiger partial charge in [0.1, 0.15) is 0 Å². The lowest BCUT2D eigenvalue weighted by Crippen LogP contribution is -2.55. The first-order valence-corrected chi connectivity index (χ1v) is 7.10. The van der Waals surface area contributed by atoms with Crippen molar-refractivity contribution in [2.24, 2.45) is 5.84 Å². The summed E-state index contributed by atoms with van der Waals surface area (Å²) in [6, 6.07) is 6.68. The van der Waals surface area contributed by atoms with E-state index in [1.54, 1.807) is 7.11 Å². The van der Waals surface area contributed by atoms with Gasteiger partial charge in [0.15, 0.2) is 0 Å². The van der Waals surface area contributed by atoms with Gasteiger partial charge in [0, 0.05) is 7.11 Å². The number of ether oxygens (including phenoxy) is 1. The largest absolute Gasteiger partial charge is 0.377 e. The molecular formula is C16H28N2O. The van der Waals surface area contributed by atoms with Gasteiger partial charge in [0.05, 0.1) is 11.6 Å². The number of aryl methyl sites for hydroxylation is 2. The van der Waals surface area contributed by atoms with Gasteiger partial charge in [0.25, 0.3) is 0 Å². The molecule has 0 aromatic heterocycles. The fourth-order valence-corrected chi connectivity index (χ4v) is 2.81. The maximum atomic E-state index is 5.79. The average molecular weight is 264 g/mol. The van der Waals surface area contributed by atoms with Crippen LogP contribution in [0.1, 0.15) is 43.4 Å². The topological polar surface area (TPSA) is 47.3 Å². The Morgan fingerprint density at radius 3 is 2.37 bits per heavy atom. The molecule has 0 fully saturated rings. The highest BCUT2D eigenvalue weighted by Crippen LogP contribution is 2.27. The molecule has 0 amide bonds. The van der Waals surface area contributed by atoms with Crippen molar-refractivity contribution < 1.29 is 4.74 Å². The second-order valence-corrected chi connectivity index (χ2v) is 5.33. The molecule has 1 aromatic rings. The summed E-state index contributed by atoms with van der Waals surface area (Å²) in [7, 11) is 1.78. The Bertz CT molecular complexity index is 391. The SMILES string of the molecule is CCC(CC)(OC)C(Cc1cc(C)ccc1C)NN. The summed E-state index contributed by atoms with van der Waals surface area (Å²) in [5.41, 5.74) is 6.69. The Morgan fingerprint density at radius 2 is 1.89 bits per heavy atom. The second-order valence-electron chi connectivity index (χ2n) is 5.33. The molecule has 108 valence electrons. The molecule has 3 N–H and O–H groups in total. The minimum Gasteiger partial charge on any atom is -0.377 e. The van der Waals surface area contributed by atoms with Gasteiger partial charge in [-0.3, -0.25) is 11.3 Å². The average Bonchev–Trinajstić information content (AvgIpc) is 2.43. The lowest BCUT2D eigenvalue weighted by Gasteiger charge is -2.38. The number of benzene rings is 1. The molecule has 1 unspecified atom stereocenters. The molecule has 19 heavy (non-hydrogen) atoms. The summed E-state index contributed by atoms with van der Waals surface area (Å²) in [5.74, 6) is 5.79. The molecule has 1 aromatic carbocycles. The molecule has 0 aliphatic carbocycles. The first-order chi connectivity index (χ1) is 9.02. The van der Waals surface area contributed by atoms with Crippen LogP contribution in [0.5, 0.6) is 0 Å². The quantitative estimate of drug-likeness (QED) is 0.588. The van der Waals surface area contributed by atoms with Gasteiger partial charge in [-0.1, -0.05) is 37.6 Å². The van der Waals surface area contributed by atoms with E-state index in [4.69, 9.17) is 10.6 Å². The Morgan fingerprint density at radius 1 is 1.26 bits per heavy atom. The first-order valence-electron chi connectivity index (χ1n) is 7.10. The van der Waals surface area contributed by atoms with Crippen molar-refractivity contribution in [3.8, 4) is 0 Å². The van der Waals surface area contributed by atoms with Gasteiger partial charge < -0.3 is 4.74 Å². The van der Waals surface area contributed by atoms with E-state index in [0.29, 0.717) is 0 Å². The van der Waals surface area contributed by atoms with Gasteiger partial charge in [0.2, 0.25) is 0 Å². The molecule has 0 aliphatic rings. The Balaban J connectivity index is 3.01. The summed E-state index contributed by atoms with van der Waals surface area (Å²) < 4.78 is 5.79. The molecule has 0 saturated carbocycles. The van der Waals surface area contributed by atoms with Crippen LogP contribution in [-0.4, -0.2) is 18.8 Å². The Hall–Kier alpha value is -0.900. The van der Waals surface area contributed by atoms with Crippen molar-refractivity contribution >= 4 is 0 Å². The van der Waals surface area contributed by atoms with E-state index in [9.17, 15) is 0 Å². The van der Waals surface area contributed by atoms with Crippen LogP contribution < -0.4 is 11.3 Å². The van der Waals surface area contributed by atoms with Crippen LogP contribution in [0, 0.1) is 13.8 Å². The summed E-state index contributed by atoms with van der Waals surface area (Å²) in [6.07, 6.45) is 2.78. The highest BCUT2D eigenvalue weighted by atomic mass is 16.5. The fourth-order valence-electron chi connectivity index (χ4n) is 2.81. The molecule has 0 radical (unpaired) electrons.